The van der Waals surface area contributed by atoms with Gasteiger partial charge in [0, 0.05) is 17.7 Å². The Hall–Kier alpha value is -2.56. The molecule has 0 saturated carbocycles. The van der Waals surface area contributed by atoms with Crippen LogP contribution in [0.2, 0.25) is 0 Å². The van der Waals surface area contributed by atoms with Crippen molar-refractivity contribution in [3.8, 4) is 0 Å². The molecule has 0 aliphatic rings. The maximum Gasteiger partial charge on any atom is 0.256 e. The van der Waals surface area contributed by atoms with Crippen LogP contribution in [0.15, 0.2) is 42.6 Å². The van der Waals surface area contributed by atoms with Gasteiger partial charge in [-0.25, -0.2) is 9.37 Å². The van der Waals surface area contributed by atoms with Crippen LogP contribution >= 0.6 is 0 Å². The van der Waals surface area contributed by atoms with Gasteiger partial charge in [-0.2, -0.15) is 0 Å². The Morgan fingerprint density at radius 2 is 1.81 bits per heavy atom. The van der Waals surface area contributed by atoms with Crippen molar-refractivity contribution in [2.45, 2.75) is 19.8 Å². The van der Waals surface area contributed by atoms with E-state index in [-0.39, 0.29) is 17.6 Å². The van der Waals surface area contributed by atoms with E-state index in [0.717, 1.165) is 5.56 Å². The molecule has 1 heterocycles. The van der Waals surface area contributed by atoms with Crippen molar-refractivity contribution in [2.24, 2.45) is 0 Å². The van der Waals surface area contributed by atoms with Gasteiger partial charge >= 0.3 is 0 Å². The number of carbonyl (C=O) groups is 2. The quantitative estimate of drug-likeness (QED) is 0.939. The molecule has 21 heavy (non-hydrogen) atoms. The summed E-state index contributed by atoms with van der Waals surface area (Å²) in [5.74, 6) is -0.551. The third-order valence-corrected chi connectivity index (χ3v) is 3.24. The number of amides is 1. The molecule has 0 saturated heterocycles. The molecule has 2 aromatic rings. The van der Waals surface area contributed by atoms with Gasteiger partial charge in [0.15, 0.2) is 0 Å². The zero-order valence-electron chi connectivity index (χ0n) is 11.8. The third-order valence-electron chi connectivity index (χ3n) is 3.24. The van der Waals surface area contributed by atoms with Crippen molar-refractivity contribution in [3.05, 3.63) is 59.5 Å². The van der Waals surface area contributed by atoms with E-state index < -0.39 is 5.82 Å². The number of rotatable bonds is 4. The topological polar surface area (TPSA) is 59.1 Å². The summed E-state index contributed by atoms with van der Waals surface area (Å²) in [5.41, 5.74) is 1.14. The average molecular weight is 286 g/mol. The van der Waals surface area contributed by atoms with Crippen LogP contribution in [0.5, 0.6) is 0 Å². The maximum absolute atomic E-state index is 12.8. The molecule has 2 rings (SSSR count). The highest BCUT2D eigenvalue weighted by Gasteiger charge is 2.11. The number of nitrogens with zero attached hydrogens (tertiary/aromatic N) is 1. The van der Waals surface area contributed by atoms with Crippen LogP contribution in [0.3, 0.4) is 0 Å². The van der Waals surface area contributed by atoms with Gasteiger partial charge in [-0.3, -0.25) is 9.59 Å². The SMILES string of the molecule is CC(=O)C(C)c1ccc(NC(=O)c2ccc(F)cc2)nc1. The van der Waals surface area contributed by atoms with Crippen LogP contribution in [0.4, 0.5) is 10.2 Å². The first-order valence-corrected chi connectivity index (χ1v) is 6.50. The fraction of sp³-hybridized carbons (Fsp3) is 0.188. The lowest BCUT2D eigenvalue weighted by molar-refractivity contribution is -0.118. The summed E-state index contributed by atoms with van der Waals surface area (Å²) < 4.78 is 12.8. The van der Waals surface area contributed by atoms with Crippen LogP contribution in [0, 0.1) is 5.82 Å². The van der Waals surface area contributed by atoms with Gasteiger partial charge in [0.2, 0.25) is 0 Å². The molecule has 1 aromatic heterocycles. The molecule has 1 amide bonds. The zero-order valence-corrected chi connectivity index (χ0v) is 11.8. The first-order chi connectivity index (χ1) is 9.97. The Kier molecular flexibility index (Phi) is 4.42. The lowest BCUT2D eigenvalue weighted by atomic mass is 10.00. The van der Waals surface area contributed by atoms with Gasteiger partial charge in [-0.05, 0) is 42.8 Å². The highest BCUT2D eigenvalue weighted by atomic mass is 19.1. The highest BCUT2D eigenvalue weighted by Crippen LogP contribution is 2.17. The lowest BCUT2D eigenvalue weighted by Crippen LogP contribution is -2.13. The molecule has 1 aromatic carbocycles. The predicted molar refractivity (Wildman–Crippen MR) is 77.7 cm³/mol. The molecule has 0 aliphatic carbocycles. The number of nitrogens with one attached hydrogen (secondary N) is 1. The van der Waals surface area contributed by atoms with Crippen LogP contribution in [-0.2, 0) is 4.79 Å². The molecule has 0 fully saturated rings. The summed E-state index contributed by atoms with van der Waals surface area (Å²) in [7, 11) is 0. The molecule has 0 aliphatic heterocycles. The summed E-state index contributed by atoms with van der Waals surface area (Å²) in [6, 6.07) is 8.63. The van der Waals surface area contributed by atoms with Crippen molar-refractivity contribution in [3.63, 3.8) is 0 Å². The second kappa shape index (κ2) is 6.26. The second-order valence-electron chi connectivity index (χ2n) is 4.77. The molecule has 0 spiro atoms. The molecule has 5 heteroatoms. The van der Waals surface area contributed by atoms with Crippen LogP contribution in [0.25, 0.3) is 0 Å². The number of hydrogen-bond acceptors (Lipinski definition) is 3. The Morgan fingerprint density at radius 3 is 2.33 bits per heavy atom. The smallest absolute Gasteiger partial charge is 0.256 e. The highest BCUT2D eigenvalue weighted by molar-refractivity contribution is 6.03. The number of ketones is 1. The maximum atomic E-state index is 12.8. The number of carbonyl (C=O) groups excluding carboxylic acids is 2. The van der Waals surface area contributed by atoms with E-state index >= 15 is 0 Å². The fourth-order valence-electron chi connectivity index (χ4n) is 1.76. The molecule has 1 atom stereocenters. The van der Waals surface area contributed by atoms with Crippen molar-refractivity contribution in [1.29, 1.82) is 0 Å². The third kappa shape index (κ3) is 3.72. The van der Waals surface area contributed by atoms with Crippen LogP contribution < -0.4 is 5.32 Å². The van der Waals surface area contributed by atoms with Gasteiger partial charge in [0.1, 0.15) is 17.4 Å². The summed E-state index contributed by atoms with van der Waals surface area (Å²) in [4.78, 5) is 27.3. The number of hydrogen-bond donors (Lipinski definition) is 1. The van der Waals surface area contributed by atoms with E-state index in [4.69, 9.17) is 0 Å². The summed E-state index contributed by atoms with van der Waals surface area (Å²) in [5, 5.41) is 2.62. The van der Waals surface area contributed by atoms with E-state index in [1.165, 1.54) is 31.2 Å². The predicted octanol–water partition coefficient (Wildman–Crippen LogP) is 3.17. The number of benzene rings is 1. The van der Waals surface area contributed by atoms with Gasteiger partial charge in [0.05, 0.1) is 0 Å². The minimum Gasteiger partial charge on any atom is -0.307 e. The number of halogens is 1. The zero-order chi connectivity index (χ0) is 15.4. The van der Waals surface area contributed by atoms with E-state index in [2.05, 4.69) is 10.3 Å². The first kappa shape index (κ1) is 14.8. The molecule has 1 unspecified atom stereocenters. The van der Waals surface area contributed by atoms with Gasteiger partial charge < -0.3 is 5.32 Å². The monoisotopic (exact) mass is 286 g/mol. The van der Waals surface area contributed by atoms with Crippen molar-refractivity contribution in [1.82, 2.24) is 4.98 Å². The van der Waals surface area contributed by atoms with E-state index in [9.17, 15) is 14.0 Å². The molecule has 1 N–H and O–H groups in total. The Morgan fingerprint density at radius 1 is 1.14 bits per heavy atom. The van der Waals surface area contributed by atoms with Crippen molar-refractivity contribution >= 4 is 17.5 Å². The summed E-state index contributed by atoms with van der Waals surface area (Å²) in [6.45, 7) is 3.32. The Bertz CT molecular complexity index is 651. The molecule has 4 nitrogen and oxygen atoms in total. The van der Waals surface area contributed by atoms with E-state index in [1.807, 2.05) is 0 Å². The average Bonchev–Trinajstić information content (AvgIpc) is 2.47. The van der Waals surface area contributed by atoms with Gasteiger partial charge in [0.25, 0.3) is 5.91 Å². The van der Waals surface area contributed by atoms with E-state index in [0.29, 0.717) is 11.4 Å². The minimum atomic E-state index is -0.396. The normalized spacial score (nSPS) is 11.8. The summed E-state index contributed by atoms with van der Waals surface area (Å²) in [6.07, 6.45) is 1.56. The number of pyridine rings is 1. The van der Waals surface area contributed by atoms with Crippen molar-refractivity contribution < 1.29 is 14.0 Å². The molecule has 0 radical (unpaired) electrons. The van der Waals surface area contributed by atoms with E-state index in [1.54, 1.807) is 25.3 Å². The van der Waals surface area contributed by atoms with Gasteiger partial charge in [-0.15, -0.1) is 0 Å². The number of Topliss-reactive ketones (excluding diaryl/α,β-unsaturated/α-hetero) is 1. The molecule has 0 bridgehead atoms. The number of aromatic nitrogens is 1. The van der Waals surface area contributed by atoms with Crippen LogP contribution in [-0.4, -0.2) is 16.7 Å². The van der Waals surface area contributed by atoms with Crippen molar-refractivity contribution in [2.75, 3.05) is 5.32 Å². The number of anilines is 1. The lowest BCUT2D eigenvalue weighted by Gasteiger charge is -2.09. The largest absolute Gasteiger partial charge is 0.307 e. The first-order valence-electron chi connectivity index (χ1n) is 6.50. The molecular formula is C16H15FN2O2. The fourth-order valence-corrected chi connectivity index (χ4v) is 1.76. The molecule has 108 valence electrons. The van der Waals surface area contributed by atoms with Crippen LogP contribution in [0.1, 0.15) is 35.7 Å². The van der Waals surface area contributed by atoms with Gasteiger partial charge in [-0.1, -0.05) is 13.0 Å². The minimum absolute atomic E-state index is 0.0555. The Labute approximate surface area is 122 Å². The standard InChI is InChI=1S/C16H15FN2O2/c1-10(11(2)20)13-5-8-15(18-9-13)19-16(21)12-3-6-14(17)7-4-12/h3-10H,1-2H3,(H,18,19,21). The Balaban J connectivity index is 2.08. The summed E-state index contributed by atoms with van der Waals surface area (Å²) >= 11 is 0. The second-order valence-corrected chi connectivity index (χ2v) is 4.77. The molecular weight excluding hydrogens is 271 g/mol.